The van der Waals surface area contributed by atoms with Crippen LogP contribution in [0.15, 0.2) is 49.1 Å². The minimum atomic E-state index is -0.318. The third-order valence-electron chi connectivity index (χ3n) is 4.45. The van der Waals surface area contributed by atoms with E-state index in [1.165, 1.54) is 0 Å². The Kier molecular flexibility index (Phi) is 4.68. The van der Waals surface area contributed by atoms with Gasteiger partial charge in [-0.2, -0.15) is 0 Å². The predicted molar refractivity (Wildman–Crippen MR) is 82.8 cm³/mol. The average Bonchev–Trinajstić information content (AvgIpc) is 3.07. The summed E-state index contributed by atoms with van der Waals surface area (Å²) < 4.78 is 2.12. The SMILES string of the molecule is OC(c1ccccc1)C1CCN(CCn2ccnc2)CC1. The minimum absolute atomic E-state index is 0.318. The molecule has 4 nitrogen and oxygen atoms in total. The molecule has 0 saturated carbocycles. The fraction of sp³-hybridized carbons (Fsp3) is 0.471. The quantitative estimate of drug-likeness (QED) is 0.916. The molecular formula is C17H23N3O. The lowest BCUT2D eigenvalue weighted by molar-refractivity contribution is 0.0579. The van der Waals surface area contributed by atoms with Crippen molar-refractivity contribution in [3.8, 4) is 0 Å². The van der Waals surface area contributed by atoms with Crippen LogP contribution in [0.5, 0.6) is 0 Å². The van der Waals surface area contributed by atoms with Gasteiger partial charge in [-0.1, -0.05) is 30.3 Å². The van der Waals surface area contributed by atoms with Gasteiger partial charge in [0.05, 0.1) is 12.4 Å². The van der Waals surface area contributed by atoms with E-state index in [0.717, 1.165) is 44.6 Å². The van der Waals surface area contributed by atoms with Gasteiger partial charge >= 0.3 is 0 Å². The van der Waals surface area contributed by atoms with Crippen LogP contribution >= 0.6 is 0 Å². The molecule has 1 unspecified atom stereocenters. The van der Waals surface area contributed by atoms with Crippen LogP contribution in [0, 0.1) is 5.92 Å². The molecule has 0 aliphatic carbocycles. The topological polar surface area (TPSA) is 41.3 Å². The van der Waals surface area contributed by atoms with Crippen molar-refractivity contribution < 1.29 is 5.11 Å². The summed E-state index contributed by atoms with van der Waals surface area (Å²) in [4.78, 5) is 6.55. The second kappa shape index (κ2) is 6.87. The van der Waals surface area contributed by atoms with Gasteiger partial charge in [-0.25, -0.2) is 4.98 Å². The Balaban J connectivity index is 1.46. The van der Waals surface area contributed by atoms with Gasteiger partial charge in [0.1, 0.15) is 0 Å². The lowest BCUT2D eigenvalue weighted by Gasteiger charge is -2.34. The largest absolute Gasteiger partial charge is 0.388 e. The molecule has 3 rings (SSSR count). The molecule has 1 aromatic heterocycles. The van der Waals surface area contributed by atoms with Crippen LogP contribution in [0.1, 0.15) is 24.5 Å². The van der Waals surface area contributed by atoms with Crippen molar-refractivity contribution in [2.24, 2.45) is 5.92 Å². The zero-order chi connectivity index (χ0) is 14.5. The van der Waals surface area contributed by atoms with Crippen LogP contribution in [0.3, 0.4) is 0 Å². The number of imidazole rings is 1. The molecule has 0 spiro atoms. The third kappa shape index (κ3) is 3.71. The first-order chi connectivity index (χ1) is 10.3. The number of hydrogen-bond acceptors (Lipinski definition) is 3. The van der Waals surface area contributed by atoms with Crippen molar-refractivity contribution in [2.45, 2.75) is 25.5 Å². The summed E-state index contributed by atoms with van der Waals surface area (Å²) in [5.41, 5.74) is 1.05. The van der Waals surface area contributed by atoms with E-state index in [-0.39, 0.29) is 6.10 Å². The zero-order valence-corrected chi connectivity index (χ0v) is 12.3. The molecule has 2 heterocycles. The number of hydrogen-bond donors (Lipinski definition) is 1. The van der Waals surface area contributed by atoms with Crippen LogP contribution in [-0.4, -0.2) is 39.2 Å². The number of aliphatic hydroxyl groups is 1. The summed E-state index contributed by atoms with van der Waals surface area (Å²) in [6.07, 6.45) is 7.52. The van der Waals surface area contributed by atoms with E-state index in [1.54, 1.807) is 0 Å². The molecule has 1 saturated heterocycles. The average molecular weight is 285 g/mol. The summed E-state index contributed by atoms with van der Waals surface area (Å²) in [5.74, 6) is 0.386. The number of benzene rings is 1. The number of nitrogens with zero attached hydrogens (tertiary/aromatic N) is 3. The molecule has 0 bridgehead atoms. The van der Waals surface area contributed by atoms with E-state index in [9.17, 15) is 5.11 Å². The number of rotatable bonds is 5. The number of piperidine rings is 1. The lowest BCUT2D eigenvalue weighted by atomic mass is 9.87. The number of aliphatic hydroxyl groups excluding tert-OH is 1. The van der Waals surface area contributed by atoms with Gasteiger partial charge in [-0.3, -0.25) is 0 Å². The van der Waals surface area contributed by atoms with Crippen molar-refractivity contribution in [3.05, 3.63) is 54.6 Å². The Hall–Kier alpha value is -1.65. The van der Waals surface area contributed by atoms with Gasteiger partial charge in [0, 0.05) is 25.5 Å². The standard InChI is InChI=1S/C17H23N3O/c21-17(15-4-2-1-3-5-15)16-6-9-19(10-7-16)12-13-20-11-8-18-14-20/h1-5,8,11,14,16-17,21H,6-7,9-10,12-13H2. The summed E-state index contributed by atoms with van der Waals surface area (Å²) in [6, 6.07) is 10.0. The first-order valence-electron chi connectivity index (χ1n) is 7.74. The summed E-state index contributed by atoms with van der Waals surface area (Å²) in [7, 11) is 0. The molecule has 112 valence electrons. The fourth-order valence-electron chi connectivity index (χ4n) is 3.09. The van der Waals surface area contributed by atoms with E-state index in [2.05, 4.69) is 14.5 Å². The normalized spacial score (nSPS) is 18.7. The molecule has 2 aromatic rings. The maximum Gasteiger partial charge on any atom is 0.0946 e. The first kappa shape index (κ1) is 14.3. The van der Waals surface area contributed by atoms with E-state index in [0.29, 0.717) is 5.92 Å². The Morgan fingerprint density at radius 1 is 1.14 bits per heavy atom. The molecule has 1 fully saturated rings. The highest BCUT2D eigenvalue weighted by Crippen LogP contribution is 2.30. The summed E-state index contributed by atoms with van der Waals surface area (Å²) in [5, 5.41) is 10.5. The van der Waals surface area contributed by atoms with Crippen LogP contribution in [-0.2, 0) is 6.54 Å². The lowest BCUT2D eigenvalue weighted by Crippen LogP contribution is -2.37. The van der Waals surface area contributed by atoms with Gasteiger partial charge in [-0.05, 0) is 37.4 Å². The van der Waals surface area contributed by atoms with Gasteiger partial charge in [0.15, 0.2) is 0 Å². The molecule has 4 heteroatoms. The van der Waals surface area contributed by atoms with E-state index >= 15 is 0 Å². The highest BCUT2D eigenvalue weighted by atomic mass is 16.3. The Morgan fingerprint density at radius 2 is 1.90 bits per heavy atom. The van der Waals surface area contributed by atoms with Crippen LogP contribution < -0.4 is 0 Å². The molecule has 1 aliphatic heterocycles. The van der Waals surface area contributed by atoms with Crippen molar-refractivity contribution in [2.75, 3.05) is 19.6 Å². The van der Waals surface area contributed by atoms with Gasteiger partial charge < -0.3 is 14.6 Å². The van der Waals surface area contributed by atoms with Crippen molar-refractivity contribution in [1.29, 1.82) is 0 Å². The minimum Gasteiger partial charge on any atom is -0.388 e. The molecule has 0 radical (unpaired) electrons. The van der Waals surface area contributed by atoms with Gasteiger partial charge in [0.2, 0.25) is 0 Å². The molecule has 1 aromatic carbocycles. The first-order valence-corrected chi connectivity index (χ1v) is 7.74. The highest BCUT2D eigenvalue weighted by molar-refractivity contribution is 5.18. The maximum absolute atomic E-state index is 10.5. The van der Waals surface area contributed by atoms with Crippen LogP contribution in [0.2, 0.25) is 0 Å². The summed E-state index contributed by atoms with van der Waals surface area (Å²) in [6.45, 7) is 4.20. The van der Waals surface area contributed by atoms with E-state index in [1.807, 2.05) is 49.1 Å². The van der Waals surface area contributed by atoms with Crippen LogP contribution in [0.4, 0.5) is 0 Å². The highest BCUT2D eigenvalue weighted by Gasteiger charge is 2.25. The molecule has 21 heavy (non-hydrogen) atoms. The monoisotopic (exact) mass is 285 g/mol. The van der Waals surface area contributed by atoms with Crippen molar-refractivity contribution in [3.63, 3.8) is 0 Å². The van der Waals surface area contributed by atoms with Crippen LogP contribution in [0.25, 0.3) is 0 Å². The molecule has 1 aliphatic rings. The molecule has 1 atom stereocenters. The number of likely N-dealkylation sites (tertiary alicyclic amines) is 1. The Morgan fingerprint density at radius 3 is 2.57 bits per heavy atom. The molecule has 1 N–H and O–H groups in total. The molecule has 0 amide bonds. The van der Waals surface area contributed by atoms with Gasteiger partial charge in [0.25, 0.3) is 0 Å². The predicted octanol–water partition coefficient (Wildman–Crippen LogP) is 2.33. The number of aromatic nitrogens is 2. The van der Waals surface area contributed by atoms with Crippen molar-refractivity contribution >= 4 is 0 Å². The van der Waals surface area contributed by atoms with Crippen molar-refractivity contribution in [1.82, 2.24) is 14.5 Å². The summed E-state index contributed by atoms with van der Waals surface area (Å²) >= 11 is 0. The maximum atomic E-state index is 10.5. The zero-order valence-electron chi connectivity index (χ0n) is 12.3. The fourth-order valence-corrected chi connectivity index (χ4v) is 3.09. The second-order valence-electron chi connectivity index (χ2n) is 5.84. The molecular weight excluding hydrogens is 262 g/mol. The van der Waals surface area contributed by atoms with Gasteiger partial charge in [-0.15, -0.1) is 0 Å². The Bertz CT molecular complexity index is 518. The van der Waals surface area contributed by atoms with E-state index in [4.69, 9.17) is 0 Å². The van der Waals surface area contributed by atoms with E-state index < -0.39 is 0 Å². The Labute approximate surface area is 126 Å². The third-order valence-corrected chi connectivity index (χ3v) is 4.45. The smallest absolute Gasteiger partial charge is 0.0946 e. The second-order valence-corrected chi connectivity index (χ2v) is 5.84.